The van der Waals surface area contributed by atoms with Crippen molar-refractivity contribution in [2.24, 2.45) is 17.8 Å². The van der Waals surface area contributed by atoms with Crippen LogP contribution in [0, 0.1) is 23.0 Å². The minimum Gasteiger partial charge on any atom is -0.619 e. The first-order valence-corrected chi connectivity index (χ1v) is 16.7. The second kappa shape index (κ2) is 19.0. The molecule has 0 bridgehead atoms. The van der Waals surface area contributed by atoms with Crippen LogP contribution in [0.2, 0.25) is 0 Å². The molecule has 0 aliphatic heterocycles. The molecule has 13 heteroatoms. The van der Waals surface area contributed by atoms with Gasteiger partial charge in [0.15, 0.2) is 12.4 Å². The summed E-state index contributed by atoms with van der Waals surface area (Å²) in [7, 11) is 0. The van der Waals surface area contributed by atoms with Crippen LogP contribution < -0.4 is 36.6 Å². The predicted octanol–water partition coefficient (Wildman–Crippen LogP) is 1.29. The lowest BCUT2D eigenvalue weighted by Crippen LogP contribution is -2.57. The maximum Gasteiger partial charge on any atom is 0.252 e. The minimum atomic E-state index is -0.826. The molecule has 1 fully saturated rings. The Balaban J connectivity index is 2.05. The van der Waals surface area contributed by atoms with E-state index in [0.29, 0.717) is 49.4 Å². The van der Waals surface area contributed by atoms with E-state index >= 15 is 0 Å². The van der Waals surface area contributed by atoms with E-state index in [1.54, 1.807) is 6.92 Å². The molecule has 1 saturated carbocycles. The molecule has 1 aromatic rings. The van der Waals surface area contributed by atoms with Gasteiger partial charge in [0.05, 0.1) is 11.6 Å². The van der Waals surface area contributed by atoms with Crippen LogP contribution in [0.3, 0.4) is 0 Å². The number of amides is 5. The summed E-state index contributed by atoms with van der Waals surface area (Å²) in [4.78, 5) is 65.2. The van der Waals surface area contributed by atoms with Crippen molar-refractivity contribution in [3.63, 3.8) is 0 Å². The maximum absolute atomic E-state index is 13.5. The first-order chi connectivity index (χ1) is 21.7. The Hall–Kier alpha value is -3.74. The van der Waals surface area contributed by atoms with Gasteiger partial charge in [0.25, 0.3) is 5.91 Å². The van der Waals surface area contributed by atoms with Gasteiger partial charge in [-0.1, -0.05) is 53.9 Å². The molecule has 5 atom stereocenters. The van der Waals surface area contributed by atoms with E-state index in [4.69, 9.17) is 0 Å². The van der Waals surface area contributed by atoms with Gasteiger partial charge in [0, 0.05) is 31.3 Å². The van der Waals surface area contributed by atoms with Gasteiger partial charge < -0.3 is 37.1 Å². The zero-order valence-corrected chi connectivity index (χ0v) is 28.5. The summed E-state index contributed by atoms with van der Waals surface area (Å²) in [5.41, 5.74) is 0.263. The van der Waals surface area contributed by atoms with Gasteiger partial charge in [-0.3, -0.25) is 24.0 Å². The molecule has 6 N–H and O–H groups in total. The average molecular weight is 646 g/mol. The lowest BCUT2D eigenvalue weighted by Gasteiger charge is -2.28. The highest BCUT2D eigenvalue weighted by Gasteiger charge is 2.33. The number of nitrogens with zero attached hydrogens (tertiary/aromatic N) is 1. The van der Waals surface area contributed by atoms with Crippen molar-refractivity contribution in [1.29, 1.82) is 0 Å². The molecular weight excluding hydrogens is 590 g/mol. The number of aromatic nitrogens is 1. The third-order valence-electron chi connectivity index (χ3n) is 7.93. The van der Waals surface area contributed by atoms with Crippen molar-refractivity contribution >= 4 is 29.5 Å². The van der Waals surface area contributed by atoms with Crippen molar-refractivity contribution in [3.05, 3.63) is 35.3 Å². The van der Waals surface area contributed by atoms with Crippen LogP contribution in [0.15, 0.2) is 24.5 Å². The summed E-state index contributed by atoms with van der Waals surface area (Å²) in [5, 5.41) is 28.9. The Bertz CT molecular complexity index is 1160. The van der Waals surface area contributed by atoms with Crippen molar-refractivity contribution in [2.45, 2.75) is 117 Å². The molecule has 1 aliphatic rings. The van der Waals surface area contributed by atoms with Crippen LogP contribution >= 0.6 is 0 Å². The molecular formula is C33H55N7O6. The number of hydrogen-bond donors (Lipinski definition) is 6. The highest BCUT2D eigenvalue weighted by atomic mass is 16.5. The number of likely N-dealkylation sites (N-methyl/N-ethyl adjacent to an activating group) is 1. The number of carbonyl (C=O) groups is 5. The SMILES string of the molecule is CCC[C@H](NC(=O)[C@H](CC1CC1)NC(=O)c1cc[n+]([O-])cc1)C(=O)N[C@H](CN[C@@H](C)C(=O)N[C@H](C(=O)NCC)C(C)C)CC(C)C. The monoisotopic (exact) mass is 645 g/mol. The maximum atomic E-state index is 13.5. The van der Waals surface area contributed by atoms with E-state index in [0.717, 1.165) is 12.8 Å². The van der Waals surface area contributed by atoms with Crippen LogP contribution in [-0.4, -0.2) is 72.8 Å². The van der Waals surface area contributed by atoms with Crippen molar-refractivity contribution in [1.82, 2.24) is 31.9 Å². The number of carbonyl (C=O) groups excluding carboxylic acids is 5. The highest BCUT2D eigenvalue weighted by molar-refractivity contribution is 5.98. The largest absolute Gasteiger partial charge is 0.619 e. The summed E-state index contributed by atoms with van der Waals surface area (Å²) in [6.45, 7) is 14.0. The number of rotatable bonds is 20. The summed E-state index contributed by atoms with van der Waals surface area (Å²) in [6.07, 6.45) is 6.53. The Morgan fingerprint density at radius 2 is 1.48 bits per heavy atom. The smallest absolute Gasteiger partial charge is 0.252 e. The molecule has 0 spiro atoms. The lowest BCUT2D eigenvalue weighted by molar-refractivity contribution is -0.605. The standard InChI is InChI=1S/C33H55N7O6/c1-8-10-26(37-32(44)27(18-23-11-12-23)38-30(42)24-13-15-40(46)16-14-24)31(43)36-25(17-20(3)4)19-35-22(7)29(41)39-28(21(5)6)33(45)34-9-2/h13-16,20-23,25-28,35H,8-12,17-19H2,1-7H3,(H,34,45)(H,36,43)(H,37,44)(H,38,42)(H,39,41)/t22-,25-,26-,27-,28-/m0/s1. The minimum absolute atomic E-state index is 0.0944. The van der Waals surface area contributed by atoms with Crippen LogP contribution in [0.1, 0.15) is 97.3 Å². The molecule has 0 aromatic carbocycles. The predicted molar refractivity (Wildman–Crippen MR) is 175 cm³/mol. The van der Waals surface area contributed by atoms with E-state index in [1.165, 1.54) is 24.5 Å². The van der Waals surface area contributed by atoms with Crippen molar-refractivity contribution in [2.75, 3.05) is 13.1 Å². The van der Waals surface area contributed by atoms with Crippen LogP contribution in [0.5, 0.6) is 0 Å². The Morgan fingerprint density at radius 3 is 2.02 bits per heavy atom. The lowest BCUT2D eigenvalue weighted by atomic mass is 10.0. The van der Waals surface area contributed by atoms with Gasteiger partial charge in [-0.2, -0.15) is 4.73 Å². The summed E-state index contributed by atoms with van der Waals surface area (Å²) < 4.78 is 0.577. The van der Waals surface area contributed by atoms with E-state index in [2.05, 4.69) is 31.9 Å². The second-order valence-corrected chi connectivity index (χ2v) is 13.1. The Kier molecular flexibility index (Phi) is 15.9. The van der Waals surface area contributed by atoms with Crippen molar-refractivity contribution in [3.8, 4) is 0 Å². The summed E-state index contributed by atoms with van der Waals surface area (Å²) >= 11 is 0. The van der Waals surface area contributed by atoms with Gasteiger partial charge in [0.2, 0.25) is 23.6 Å². The average Bonchev–Trinajstić information content (AvgIpc) is 3.81. The zero-order chi connectivity index (χ0) is 34.4. The van der Waals surface area contributed by atoms with Gasteiger partial charge in [0.1, 0.15) is 18.1 Å². The molecule has 0 radical (unpaired) electrons. The highest BCUT2D eigenvalue weighted by Crippen LogP contribution is 2.33. The van der Waals surface area contributed by atoms with Gasteiger partial charge in [-0.15, -0.1) is 0 Å². The van der Waals surface area contributed by atoms with Crippen LogP contribution in [-0.2, 0) is 19.2 Å². The Labute approximate surface area is 273 Å². The molecule has 5 amide bonds. The van der Waals surface area contributed by atoms with Gasteiger partial charge >= 0.3 is 0 Å². The first-order valence-electron chi connectivity index (χ1n) is 16.7. The fourth-order valence-electron chi connectivity index (χ4n) is 5.13. The summed E-state index contributed by atoms with van der Waals surface area (Å²) in [6, 6.07) is -0.468. The number of hydrogen-bond acceptors (Lipinski definition) is 7. The number of nitrogens with one attached hydrogen (secondary N) is 6. The third kappa shape index (κ3) is 13.3. The second-order valence-electron chi connectivity index (χ2n) is 13.1. The first kappa shape index (κ1) is 38.4. The quantitative estimate of drug-likeness (QED) is 0.0912. The topological polar surface area (TPSA) is 184 Å². The number of pyridine rings is 1. The van der Waals surface area contributed by atoms with Crippen LogP contribution in [0.25, 0.3) is 0 Å². The molecule has 13 nitrogen and oxygen atoms in total. The van der Waals surface area contributed by atoms with E-state index in [1.807, 2.05) is 41.5 Å². The zero-order valence-electron chi connectivity index (χ0n) is 28.5. The molecule has 1 aliphatic carbocycles. The van der Waals surface area contributed by atoms with E-state index in [-0.39, 0.29) is 41.2 Å². The normalized spacial score (nSPS) is 16.1. The Morgan fingerprint density at radius 1 is 0.848 bits per heavy atom. The molecule has 1 aromatic heterocycles. The van der Waals surface area contributed by atoms with Crippen molar-refractivity contribution < 1.29 is 28.7 Å². The fraction of sp³-hybridized carbons (Fsp3) is 0.697. The molecule has 258 valence electrons. The molecule has 0 saturated heterocycles. The summed E-state index contributed by atoms with van der Waals surface area (Å²) in [5.74, 6) is -1.31. The van der Waals surface area contributed by atoms with Gasteiger partial charge in [-0.05, 0) is 50.9 Å². The van der Waals surface area contributed by atoms with Crippen LogP contribution in [0.4, 0.5) is 0 Å². The molecule has 0 unspecified atom stereocenters. The van der Waals surface area contributed by atoms with E-state index < -0.39 is 36.0 Å². The third-order valence-corrected chi connectivity index (χ3v) is 7.93. The fourth-order valence-corrected chi connectivity index (χ4v) is 5.13. The van der Waals surface area contributed by atoms with Gasteiger partial charge in [-0.25, -0.2) is 0 Å². The molecule has 2 rings (SSSR count). The molecule has 46 heavy (non-hydrogen) atoms. The van der Waals surface area contributed by atoms with E-state index in [9.17, 15) is 29.2 Å². The molecule has 1 heterocycles.